The van der Waals surface area contributed by atoms with Crippen LogP contribution in [0.4, 0.5) is 0 Å². The fraction of sp³-hybridized carbons (Fsp3) is 0. The van der Waals surface area contributed by atoms with Crippen LogP contribution in [0.2, 0.25) is 0 Å². The highest BCUT2D eigenvalue weighted by molar-refractivity contribution is 6.10. The van der Waals surface area contributed by atoms with E-state index in [1.54, 1.807) is 6.20 Å². The average molecular weight is 628 g/mol. The number of hydrogen-bond donors (Lipinski definition) is 0. The molecule has 0 spiro atoms. The molecule has 3 heterocycles. The highest BCUT2D eigenvalue weighted by Crippen LogP contribution is 2.41. The van der Waals surface area contributed by atoms with Gasteiger partial charge in [0, 0.05) is 45.4 Å². The standard InChI is InChI=1S/C45H29N3O/c1-3-13-30(14-4-1)36-18-7-8-19-37(36)33-25-34(38-21-11-22-40-39-20-9-10-23-43(39)49-44(38)40)27-35(26-33)42-28-41(32-17-12-24-46-29-32)47-45(48-42)31-15-5-2-6-16-31/h1-29H. The quantitative estimate of drug-likeness (QED) is 0.184. The summed E-state index contributed by atoms with van der Waals surface area (Å²) in [5, 5.41) is 2.20. The van der Waals surface area contributed by atoms with E-state index in [9.17, 15) is 0 Å². The lowest BCUT2D eigenvalue weighted by Crippen LogP contribution is -1.97. The summed E-state index contributed by atoms with van der Waals surface area (Å²) in [4.78, 5) is 14.6. The van der Waals surface area contributed by atoms with E-state index in [1.807, 2.05) is 60.8 Å². The van der Waals surface area contributed by atoms with Gasteiger partial charge in [0.05, 0.1) is 11.4 Å². The molecule has 0 aliphatic carbocycles. The van der Waals surface area contributed by atoms with Gasteiger partial charge in [-0.3, -0.25) is 4.98 Å². The van der Waals surface area contributed by atoms with Crippen LogP contribution in [0.3, 0.4) is 0 Å². The van der Waals surface area contributed by atoms with Crippen LogP contribution in [0.15, 0.2) is 181 Å². The van der Waals surface area contributed by atoms with Crippen LogP contribution in [0.5, 0.6) is 0 Å². The van der Waals surface area contributed by atoms with E-state index in [0.29, 0.717) is 5.82 Å². The normalized spacial score (nSPS) is 11.3. The molecule has 0 aliphatic heterocycles. The van der Waals surface area contributed by atoms with Crippen LogP contribution < -0.4 is 0 Å². The second-order valence-electron chi connectivity index (χ2n) is 12.1. The lowest BCUT2D eigenvalue weighted by Gasteiger charge is -2.15. The molecule has 9 aromatic rings. The lowest BCUT2D eigenvalue weighted by atomic mass is 9.90. The minimum absolute atomic E-state index is 0.660. The van der Waals surface area contributed by atoms with E-state index < -0.39 is 0 Å². The maximum atomic E-state index is 6.54. The molecule has 0 unspecified atom stereocenters. The van der Waals surface area contributed by atoms with Gasteiger partial charge in [-0.15, -0.1) is 0 Å². The molecule has 49 heavy (non-hydrogen) atoms. The highest BCUT2D eigenvalue weighted by atomic mass is 16.3. The van der Waals surface area contributed by atoms with Crippen molar-refractivity contribution in [1.29, 1.82) is 0 Å². The zero-order valence-electron chi connectivity index (χ0n) is 26.5. The van der Waals surface area contributed by atoms with E-state index >= 15 is 0 Å². The number of hydrogen-bond acceptors (Lipinski definition) is 4. The van der Waals surface area contributed by atoms with Gasteiger partial charge < -0.3 is 4.42 Å². The van der Waals surface area contributed by atoms with Crippen molar-refractivity contribution in [2.45, 2.75) is 0 Å². The van der Waals surface area contributed by atoms with Crippen molar-refractivity contribution in [2.24, 2.45) is 0 Å². The van der Waals surface area contributed by atoms with Crippen LogP contribution in [0, 0.1) is 0 Å². The number of pyridine rings is 1. The molecule has 0 bridgehead atoms. The molecule has 0 N–H and O–H groups in total. The minimum Gasteiger partial charge on any atom is -0.455 e. The Balaban J connectivity index is 1.32. The fourth-order valence-corrected chi connectivity index (χ4v) is 6.64. The Morgan fingerprint density at radius 3 is 1.71 bits per heavy atom. The second-order valence-corrected chi connectivity index (χ2v) is 12.1. The van der Waals surface area contributed by atoms with Gasteiger partial charge in [-0.2, -0.15) is 0 Å². The highest BCUT2D eigenvalue weighted by Gasteiger charge is 2.18. The number of rotatable bonds is 6. The first-order valence-corrected chi connectivity index (χ1v) is 16.3. The third-order valence-corrected chi connectivity index (χ3v) is 8.98. The van der Waals surface area contributed by atoms with Crippen molar-refractivity contribution in [3.63, 3.8) is 0 Å². The molecule has 0 amide bonds. The average Bonchev–Trinajstić information content (AvgIpc) is 3.58. The Hall–Kier alpha value is -6.65. The SMILES string of the molecule is c1ccc(-c2nc(-c3cccnc3)cc(-c3cc(-c4ccccc4-c4ccccc4)cc(-c4cccc5c4oc4ccccc45)c3)n2)cc1. The third-order valence-electron chi connectivity index (χ3n) is 8.98. The molecule has 0 saturated heterocycles. The maximum Gasteiger partial charge on any atom is 0.160 e. The number of aromatic nitrogens is 3. The summed E-state index contributed by atoms with van der Waals surface area (Å²) in [5.41, 5.74) is 12.9. The maximum absolute atomic E-state index is 6.54. The Morgan fingerprint density at radius 2 is 0.959 bits per heavy atom. The predicted molar refractivity (Wildman–Crippen MR) is 200 cm³/mol. The molecule has 0 fully saturated rings. The summed E-state index contributed by atoms with van der Waals surface area (Å²) < 4.78 is 6.54. The first-order chi connectivity index (χ1) is 24.3. The summed E-state index contributed by atoms with van der Waals surface area (Å²) in [5.74, 6) is 0.660. The Bertz CT molecular complexity index is 2540. The van der Waals surface area contributed by atoms with Crippen LogP contribution in [0.1, 0.15) is 0 Å². The Kier molecular flexibility index (Phi) is 7.10. The molecular weight excluding hydrogens is 599 g/mol. The van der Waals surface area contributed by atoms with Gasteiger partial charge in [-0.05, 0) is 70.3 Å². The number of para-hydroxylation sites is 2. The molecular formula is C45H29N3O. The minimum atomic E-state index is 0.660. The first kappa shape index (κ1) is 28.6. The topological polar surface area (TPSA) is 51.8 Å². The molecule has 230 valence electrons. The van der Waals surface area contributed by atoms with Gasteiger partial charge in [-0.1, -0.05) is 121 Å². The van der Waals surface area contributed by atoms with Crippen LogP contribution in [-0.2, 0) is 0 Å². The van der Waals surface area contributed by atoms with Gasteiger partial charge in [0.15, 0.2) is 5.82 Å². The molecule has 0 saturated carbocycles. The largest absolute Gasteiger partial charge is 0.455 e. The number of benzene rings is 6. The van der Waals surface area contributed by atoms with Gasteiger partial charge in [0.2, 0.25) is 0 Å². The first-order valence-electron chi connectivity index (χ1n) is 16.3. The van der Waals surface area contributed by atoms with E-state index in [0.717, 1.165) is 83.4 Å². The van der Waals surface area contributed by atoms with E-state index in [4.69, 9.17) is 14.4 Å². The molecule has 3 aromatic heterocycles. The molecule has 4 nitrogen and oxygen atoms in total. The van der Waals surface area contributed by atoms with E-state index in [-0.39, 0.29) is 0 Å². The smallest absolute Gasteiger partial charge is 0.160 e. The fourth-order valence-electron chi connectivity index (χ4n) is 6.64. The lowest BCUT2D eigenvalue weighted by molar-refractivity contribution is 0.670. The monoisotopic (exact) mass is 627 g/mol. The predicted octanol–water partition coefficient (Wildman–Crippen LogP) is 11.8. The second kappa shape index (κ2) is 12.2. The molecule has 4 heteroatoms. The van der Waals surface area contributed by atoms with E-state index in [2.05, 4.69) is 114 Å². The van der Waals surface area contributed by atoms with Crippen molar-refractivity contribution in [3.8, 4) is 67.3 Å². The summed E-state index contributed by atoms with van der Waals surface area (Å²) in [6.45, 7) is 0. The van der Waals surface area contributed by atoms with Crippen molar-refractivity contribution < 1.29 is 4.42 Å². The third kappa shape index (κ3) is 5.35. The molecule has 0 aliphatic rings. The number of nitrogens with zero attached hydrogens (tertiary/aromatic N) is 3. The Morgan fingerprint density at radius 1 is 0.388 bits per heavy atom. The molecule has 6 aromatic carbocycles. The summed E-state index contributed by atoms with van der Waals surface area (Å²) >= 11 is 0. The van der Waals surface area contributed by atoms with Crippen molar-refractivity contribution in [3.05, 3.63) is 176 Å². The van der Waals surface area contributed by atoms with Crippen molar-refractivity contribution >= 4 is 21.9 Å². The zero-order valence-corrected chi connectivity index (χ0v) is 26.5. The van der Waals surface area contributed by atoms with E-state index in [1.165, 1.54) is 0 Å². The number of fused-ring (bicyclic) bond motifs is 3. The van der Waals surface area contributed by atoms with Crippen LogP contribution >= 0.6 is 0 Å². The van der Waals surface area contributed by atoms with Gasteiger partial charge in [0.1, 0.15) is 11.2 Å². The zero-order chi connectivity index (χ0) is 32.6. The van der Waals surface area contributed by atoms with Gasteiger partial charge in [0.25, 0.3) is 0 Å². The van der Waals surface area contributed by atoms with Gasteiger partial charge >= 0.3 is 0 Å². The summed E-state index contributed by atoms with van der Waals surface area (Å²) in [7, 11) is 0. The molecule has 0 radical (unpaired) electrons. The Labute approximate surface area is 284 Å². The summed E-state index contributed by atoms with van der Waals surface area (Å²) in [6.07, 6.45) is 3.63. The van der Waals surface area contributed by atoms with Crippen molar-refractivity contribution in [2.75, 3.05) is 0 Å². The molecule has 9 rings (SSSR count). The van der Waals surface area contributed by atoms with Crippen LogP contribution in [0.25, 0.3) is 89.2 Å². The summed E-state index contributed by atoms with van der Waals surface area (Å²) in [6, 6.07) is 56.7. The van der Waals surface area contributed by atoms with Crippen LogP contribution in [-0.4, -0.2) is 15.0 Å². The van der Waals surface area contributed by atoms with Crippen molar-refractivity contribution in [1.82, 2.24) is 15.0 Å². The van der Waals surface area contributed by atoms with Gasteiger partial charge in [-0.25, -0.2) is 9.97 Å². The molecule has 0 atom stereocenters. The number of furan rings is 1.